The molecule has 6 nitrogen and oxygen atoms in total. The molecule has 0 aliphatic carbocycles. The van der Waals surface area contributed by atoms with Gasteiger partial charge in [0, 0.05) is 12.7 Å². The van der Waals surface area contributed by atoms with Crippen molar-refractivity contribution in [2.45, 2.75) is 6.54 Å². The van der Waals surface area contributed by atoms with Crippen LogP contribution in [0.25, 0.3) is 11.0 Å². The van der Waals surface area contributed by atoms with Gasteiger partial charge < -0.3 is 14.4 Å². The van der Waals surface area contributed by atoms with Crippen molar-refractivity contribution in [2.75, 3.05) is 7.11 Å². The van der Waals surface area contributed by atoms with E-state index in [1.54, 1.807) is 19.2 Å². The summed E-state index contributed by atoms with van der Waals surface area (Å²) >= 11 is 0. The number of hydrogen-bond acceptors (Lipinski definition) is 5. The van der Waals surface area contributed by atoms with E-state index in [0.29, 0.717) is 5.75 Å². The van der Waals surface area contributed by atoms with Gasteiger partial charge in [-0.3, -0.25) is 4.79 Å². The Bertz CT molecular complexity index is 891. The molecule has 0 saturated carbocycles. The third-order valence-corrected chi connectivity index (χ3v) is 3.30. The summed E-state index contributed by atoms with van der Waals surface area (Å²) in [6.45, 7) is 0.286. The van der Waals surface area contributed by atoms with Crippen molar-refractivity contribution in [1.82, 2.24) is 14.5 Å². The summed E-state index contributed by atoms with van der Waals surface area (Å²) in [4.78, 5) is 19.3. The van der Waals surface area contributed by atoms with Gasteiger partial charge in [0.05, 0.1) is 7.11 Å². The molecule has 2 heterocycles. The molecule has 0 aliphatic heterocycles. The van der Waals surface area contributed by atoms with Crippen LogP contribution >= 0.6 is 0 Å². The van der Waals surface area contributed by atoms with Crippen LogP contribution in [0.2, 0.25) is 0 Å². The minimum atomic E-state index is -0.967. The van der Waals surface area contributed by atoms with Crippen molar-refractivity contribution in [1.29, 1.82) is 0 Å². The van der Waals surface area contributed by atoms with Crippen LogP contribution < -0.4 is 10.2 Å². The summed E-state index contributed by atoms with van der Waals surface area (Å²) in [5.74, 6) is -0.788. The quantitative estimate of drug-likeness (QED) is 0.796. The molecule has 112 valence electrons. The lowest BCUT2D eigenvalue weighted by Gasteiger charge is -2.11. The second-order valence-corrected chi connectivity index (χ2v) is 4.68. The van der Waals surface area contributed by atoms with E-state index >= 15 is 0 Å². The Balaban J connectivity index is 2.12. The Morgan fingerprint density at radius 2 is 2.00 bits per heavy atom. The zero-order valence-electron chi connectivity index (χ0n) is 11.7. The summed E-state index contributed by atoms with van der Waals surface area (Å²) in [5, 5.41) is 9.46. The fraction of sp³-hybridized carbons (Fsp3) is 0.133. The number of methoxy groups -OCH3 is 1. The first-order valence-electron chi connectivity index (χ1n) is 6.45. The van der Waals surface area contributed by atoms with E-state index in [2.05, 4.69) is 9.97 Å². The number of rotatable bonds is 3. The Labute approximate surface area is 124 Å². The highest BCUT2D eigenvalue weighted by atomic mass is 19.1. The smallest absolute Gasteiger partial charge is 0.232 e. The van der Waals surface area contributed by atoms with E-state index in [-0.39, 0.29) is 17.6 Å². The maximum Gasteiger partial charge on any atom is 0.232 e. The first-order valence-corrected chi connectivity index (χ1v) is 6.45. The number of fused-ring (bicyclic) bond motifs is 1. The minimum absolute atomic E-state index is 0.176. The van der Waals surface area contributed by atoms with Gasteiger partial charge in [0.1, 0.15) is 17.5 Å². The molecule has 1 aromatic carbocycles. The van der Waals surface area contributed by atoms with E-state index in [4.69, 9.17) is 4.74 Å². The van der Waals surface area contributed by atoms with Crippen molar-refractivity contribution in [3.63, 3.8) is 0 Å². The molecular formula is C15H12FN3O3. The average Bonchev–Trinajstić information content (AvgIpc) is 2.53. The molecule has 22 heavy (non-hydrogen) atoms. The molecule has 3 rings (SSSR count). The van der Waals surface area contributed by atoms with Gasteiger partial charge >= 0.3 is 0 Å². The molecule has 0 amide bonds. The van der Waals surface area contributed by atoms with Gasteiger partial charge in [0.2, 0.25) is 11.3 Å². The fourth-order valence-electron chi connectivity index (χ4n) is 2.21. The SMILES string of the molecule is COc1ccc(Cn2cc(F)c(=O)c3c(O)ncnc32)cc1. The predicted octanol–water partition coefficient (Wildman–Crippen LogP) is 1.69. The second-order valence-electron chi connectivity index (χ2n) is 4.68. The number of benzene rings is 1. The molecule has 3 aromatic rings. The number of aromatic nitrogens is 3. The Morgan fingerprint density at radius 3 is 2.68 bits per heavy atom. The Hall–Kier alpha value is -2.96. The largest absolute Gasteiger partial charge is 0.497 e. The number of pyridine rings is 1. The van der Waals surface area contributed by atoms with Gasteiger partial charge in [-0.25, -0.2) is 14.4 Å². The number of hydrogen-bond donors (Lipinski definition) is 1. The molecule has 0 radical (unpaired) electrons. The Kier molecular flexibility index (Phi) is 3.46. The van der Waals surface area contributed by atoms with Gasteiger partial charge in [-0.2, -0.15) is 0 Å². The lowest BCUT2D eigenvalue weighted by molar-refractivity contribution is 0.414. The maximum atomic E-state index is 13.8. The van der Waals surface area contributed by atoms with Gasteiger partial charge in [0.25, 0.3) is 0 Å². The van der Waals surface area contributed by atoms with E-state index in [1.165, 1.54) is 4.57 Å². The van der Waals surface area contributed by atoms with Crippen LogP contribution in [-0.4, -0.2) is 26.8 Å². The normalized spacial score (nSPS) is 10.8. The summed E-state index contributed by atoms with van der Waals surface area (Å²) in [6, 6.07) is 7.20. The van der Waals surface area contributed by atoms with Gasteiger partial charge in [0.15, 0.2) is 11.5 Å². The van der Waals surface area contributed by atoms with Gasteiger partial charge in [-0.15, -0.1) is 0 Å². The zero-order chi connectivity index (χ0) is 15.7. The molecule has 0 bridgehead atoms. The summed E-state index contributed by atoms with van der Waals surface area (Å²) in [6.07, 6.45) is 2.20. The van der Waals surface area contributed by atoms with Crippen LogP contribution in [0.5, 0.6) is 11.6 Å². The van der Waals surface area contributed by atoms with Crippen molar-refractivity contribution in [2.24, 2.45) is 0 Å². The number of aromatic hydroxyl groups is 1. The van der Waals surface area contributed by atoms with Crippen LogP contribution in [-0.2, 0) is 6.54 Å². The molecule has 0 aliphatic rings. The van der Waals surface area contributed by atoms with E-state index in [9.17, 15) is 14.3 Å². The molecular weight excluding hydrogens is 289 g/mol. The van der Waals surface area contributed by atoms with E-state index < -0.39 is 17.1 Å². The first kappa shape index (κ1) is 14.0. The maximum absolute atomic E-state index is 13.8. The molecule has 0 fully saturated rings. The Morgan fingerprint density at radius 1 is 1.27 bits per heavy atom. The molecule has 7 heteroatoms. The monoisotopic (exact) mass is 301 g/mol. The van der Waals surface area contributed by atoms with Crippen molar-refractivity contribution in [3.8, 4) is 11.6 Å². The third kappa shape index (κ3) is 2.37. The summed E-state index contributed by atoms with van der Waals surface area (Å²) in [7, 11) is 1.57. The highest BCUT2D eigenvalue weighted by Gasteiger charge is 2.14. The molecule has 2 aromatic heterocycles. The molecule has 0 atom stereocenters. The van der Waals surface area contributed by atoms with Crippen LogP contribution in [0.15, 0.2) is 41.6 Å². The average molecular weight is 301 g/mol. The van der Waals surface area contributed by atoms with Crippen LogP contribution in [0.3, 0.4) is 0 Å². The first-order chi connectivity index (χ1) is 10.6. The molecule has 0 saturated heterocycles. The van der Waals surface area contributed by atoms with Crippen molar-refractivity contribution < 1.29 is 14.2 Å². The summed E-state index contributed by atoms with van der Waals surface area (Å²) < 4.78 is 20.3. The topological polar surface area (TPSA) is 77.2 Å². The molecule has 0 unspecified atom stereocenters. The predicted molar refractivity (Wildman–Crippen MR) is 77.5 cm³/mol. The number of ether oxygens (including phenoxy) is 1. The van der Waals surface area contributed by atoms with E-state index in [0.717, 1.165) is 18.1 Å². The van der Waals surface area contributed by atoms with Crippen molar-refractivity contribution >= 4 is 11.0 Å². The highest BCUT2D eigenvalue weighted by molar-refractivity contribution is 5.79. The number of halogens is 1. The van der Waals surface area contributed by atoms with Crippen LogP contribution in [0.4, 0.5) is 4.39 Å². The standard InChI is InChI=1S/C15H12FN3O3/c1-22-10-4-2-9(3-5-10)6-19-7-11(16)13(20)12-14(19)17-8-18-15(12)21/h2-5,7-8H,6H2,1H3,(H,17,18,21). The number of nitrogens with zero attached hydrogens (tertiary/aromatic N) is 3. The fourth-order valence-corrected chi connectivity index (χ4v) is 2.21. The third-order valence-electron chi connectivity index (χ3n) is 3.30. The van der Waals surface area contributed by atoms with Crippen LogP contribution in [0, 0.1) is 5.82 Å². The van der Waals surface area contributed by atoms with Gasteiger partial charge in [-0.05, 0) is 17.7 Å². The van der Waals surface area contributed by atoms with Crippen LogP contribution in [0.1, 0.15) is 5.56 Å². The molecule has 1 N–H and O–H groups in total. The second kappa shape index (κ2) is 5.44. The van der Waals surface area contributed by atoms with Gasteiger partial charge in [-0.1, -0.05) is 12.1 Å². The van der Waals surface area contributed by atoms with Crippen molar-refractivity contribution in [3.05, 3.63) is 58.4 Å². The minimum Gasteiger partial charge on any atom is -0.497 e. The van der Waals surface area contributed by atoms with E-state index in [1.807, 2.05) is 12.1 Å². The highest BCUT2D eigenvalue weighted by Crippen LogP contribution is 2.18. The summed E-state index contributed by atoms with van der Waals surface area (Å²) in [5.41, 5.74) is 0.122. The lowest BCUT2D eigenvalue weighted by Crippen LogP contribution is -2.15. The molecule has 0 spiro atoms. The lowest BCUT2D eigenvalue weighted by atomic mass is 10.2. The zero-order valence-corrected chi connectivity index (χ0v) is 11.7.